The van der Waals surface area contributed by atoms with Crippen LogP contribution in [0, 0.1) is 0 Å². The second-order valence-corrected chi connectivity index (χ2v) is 6.19. The van der Waals surface area contributed by atoms with Gasteiger partial charge in [0.05, 0.1) is 6.42 Å². The fourth-order valence-corrected chi connectivity index (χ4v) is 2.71. The fourth-order valence-electron chi connectivity index (χ4n) is 2.71. The van der Waals surface area contributed by atoms with Gasteiger partial charge in [0.15, 0.2) is 0 Å². The molecule has 0 radical (unpaired) electrons. The number of amides is 2. The van der Waals surface area contributed by atoms with Gasteiger partial charge in [0.2, 0.25) is 5.91 Å². The molecule has 2 amide bonds. The lowest BCUT2D eigenvalue weighted by Gasteiger charge is -2.35. The van der Waals surface area contributed by atoms with E-state index in [-0.39, 0.29) is 11.8 Å². The second kappa shape index (κ2) is 10.5. The Labute approximate surface area is 167 Å². The number of benzene rings is 1. The lowest BCUT2D eigenvalue weighted by atomic mass is 10.1. The van der Waals surface area contributed by atoms with Crippen molar-refractivity contribution in [2.24, 2.45) is 0 Å². The third kappa shape index (κ3) is 6.73. The van der Waals surface area contributed by atoms with Crippen LogP contribution in [0.15, 0.2) is 54.9 Å². The minimum absolute atomic E-state index is 0.0324. The Hall–Kier alpha value is -3.75. The Bertz CT molecular complexity index is 837. The van der Waals surface area contributed by atoms with Crippen molar-refractivity contribution in [1.82, 2.24) is 14.8 Å². The summed E-state index contributed by atoms with van der Waals surface area (Å²) < 4.78 is 0. The molecule has 0 saturated carbocycles. The first kappa shape index (κ1) is 21.5. The van der Waals surface area contributed by atoms with Crippen molar-refractivity contribution in [3.05, 3.63) is 66.0 Å². The number of aliphatic carboxylic acids is 2. The van der Waals surface area contributed by atoms with Crippen molar-refractivity contribution in [2.45, 2.75) is 6.42 Å². The molecule has 2 aromatic rings. The summed E-state index contributed by atoms with van der Waals surface area (Å²) in [5, 5.41) is 14.8. The molecule has 1 aromatic heterocycles. The molecule has 0 unspecified atom stereocenters. The minimum Gasteiger partial charge on any atom is -0.473 e. The van der Waals surface area contributed by atoms with E-state index >= 15 is 0 Å². The van der Waals surface area contributed by atoms with Gasteiger partial charge in [-0.15, -0.1) is 0 Å². The Kier molecular flexibility index (Phi) is 7.84. The number of carboxylic acid groups (broad SMARTS) is 2. The molecule has 2 N–H and O–H groups in total. The number of carbonyl (C=O) groups is 4. The lowest BCUT2D eigenvalue weighted by molar-refractivity contribution is -0.159. The van der Waals surface area contributed by atoms with Crippen LogP contribution in [0.4, 0.5) is 0 Å². The quantitative estimate of drug-likeness (QED) is 0.729. The van der Waals surface area contributed by atoms with E-state index in [9.17, 15) is 9.59 Å². The summed E-state index contributed by atoms with van der Waals surface area (Å²) in [4.78, 5) is 50.5. The minimum atomic E-state index is -1.82. The Morgan fingerprint density at radius 1 is 0.828 bits per heavy atom. The van der Waals surface area contributed by atoms with Gasteiger partial charge < -0.3 is 20.0 Å². The highest BCUT2D eigenvalue weighted by molar-refractivity contribution is 6.27. The first-order chi connectivity index (χ1) is 13.9. The molecule has 9 nitrogen and oxygen atoms in total. The molecule has 1 saturated heterocycles. The van der Waals surface area contributed by atoms with Crippen LogP contribution in [0.3, 0.4) is 0 Å². The average molecular weight is 399 g/mol. The third-order valence-corrected chi connectivity index (χ3v) is 4.20. The number of carboxylic acids is 2. The van der Waals surface area contributed by atoms with Crippen molar-refractivity contribution >= 4 is 23.8 Å². The molecule has 0 bridgehead atoms. The van der Waals surface area contributed by atoms with Crippen LogP contribution in [0.5, 0.6) is 0 Å². The largest absolute Gasteiger partial charge is 0.473 e. The molecule has 0 aliphatic carbocycles. The Morgan fingerprint density at radius 2 is 1.41 bits per heavy atom. The molecule has 1 aromatic carbocycles. The third-order valence-electron chi connectivity index (χ3n) is 4.20. The molecule has 2 heterocycles. The van der Waals surface area contributed by atoms with Crippen molar-refractivity contribution in [1.29, 1.82) is 0 Å². The van der Waals surface area contributed by atoms with Crippen LogP contribution in [-0.2, 0) is 20.8 Å². The summed E-state index contributed by atoms with van der Waals surface area (Å²) in [5.41, 5.74) is 1.61. The molecular formula is C20H21N3O6. The monoisotopic (exact) mass is 399 g/mol. The SMILES string of the molecule is O=C(Cc1cccnc1)N1CCN(C(=O)c2ccccc2)CC1.O=C(O)C(=O)O. The molecule has 1 aliphatic rings. The van der Waals surface area contributed by atoms with Gasteiger partial charge in [-0.25, -0.2) is 9.59 Å². The van der Waals surface area contributed by atoms with Crippen molar-refractivity contribution in [3.63, 3.8) is 0 Å². The van der Waals surface area contributed by atoms with Crippen molar-refractivity contribution in [2.75, 3.05) is 26.2 Å². The number of nitrogens with zero attached hydrogens (tertiary/aromatic N) is 3. The maximum absolute atomic E-state index is 12.4. The normalized spacial score (nSPS) is 13.1. The molecule has 29 heavy (non-hydrogen) atoms. The van der Waals surface area contributed by atoms with Crippen molar-refractivity contribution in [3.8, 4) is 0 Å². The molecule has 0 atom stereocenters. The maximum atomic E-state index is 12.4. The summed E-state index contributed by atoms with van der Waals surface area (Å²) in [6.45, 7) is 2.31. The van der Waals surface area contributed by atoms with E-state index in [1.165, 1.54) is 0 Å². The van der Waals surface area contributed by atoms with Crippen LogP contribution >= 0.6 is 0 Å². The summed E-state index contributed by atoms with van der Waals surface area (Å²) >= 11 is 0. The van der Waals surface area contributed by atoms with Gasteiger partial charge in [-0.3, -0.25) is 14.6 Å². The zero-order valence-corrected chi connectivity index (χ0v) is 15.6. The van der Waals surface area contributed by atoms with Crippen LogP contribution in [0.2, 0.25) is 0 Å². The topological polar surface area (TPSA) is 128 Å². The summed E-state index contributed by atoms with van der Waals surface area (Å²) in [6.07, 6.45) is 3.77. The Balaban J connectivity index is 0.000000438. The predicted molar refractivity (Wildman–Crippen MR) is 102 cm³/mol. The fraction of sp³-hybridized carbons (Fsp3) is 0.250. The van der Waals surface area contributed by atoms with Crippen LogP contribution < -0.4 is 0 Å². The highest BCUT2D eigenvalue weighted by Crippen LogP contribution is 2.10. The first-order valence-electron chi connectivity index (χ1n) is 8.85. The summed E-state index contributed by atoms with van der Waals surface area (Å²) in [7, 11) is 0. The highest BCUT2D eigenvalue weighted by Gasteiger charge is 2.24. The number of hydrogen-bond donors (Lipinski definition) is 2. The van der Waals surface area contributed by atoms with Gasteiger partial charge in [0.25, 0.3) is 5.91 Å². The van der Waals surface area contributed by atoms with E-state index in [0.717, 1.165) is 5.56 Å². The smallest absolute Gasteiger partial charge is 0.414 e. The zero-order chi connectivity index (χ0) is 21.2. The molecule has 1 fully saturated rings. The highest BCUT2D eigenvalue weighted by atomic mass is 16.4. The molecule has 3 rings (SSSR count). The zero-order valence-electron chi connectivity index (χ0n) is 15.6. The first-order valence-corrected chi connectivity index (χ1v) is 8.85. The number of pyridine rings is 1. The number of hydrogen-bond acceptors (Lipinski definition) is 5. The molecule has 9 heteroatoms. The average Bonchev–Trinajstić information content (AvgIpc) is 2.75. The van der Waals surface area contributed by atoms with E-state index in [4.69, 9.17) is 19.8 Å². The van der Waals surface area contributed by atoms with Crippen molar-refractivity contribution < 1.29 is 29.4 Å². The van der Waals surface area contributed by atoms with Crippen LogP contribution in [0.25, 0.3) is 0 Å². The standard InChI is InChI=1S/C18H19N3O2.C2H2O4/c22-17(13-15-5-4-8-19-14-15)20-9-11-21(12-10-20)18(23)16-6-2-1-3-7-16;3-1(4)2(5)6/h1-8,14H,9-13H2;(H,3,4)(H,5,6). The van der Waals surface area contributed by atoms with E-state index in [2.05, 4.69) is 4.98 Å². The van der Waals surface area contributed by atoms with Crippen LogP contribution in [0.1, 0.15) is 15.9 Å². The van der Waals surface area contributed by atoms with E-state index in [1.807, 2.05) is 52.3 Å². The maximum Gasteiger partial charge on any atom is 0.414 e. The second-order valence-electron chi connectivity index (χ2n) is 6.19. The predicted octanol–water partition coefficient (Wildman–Crippen LogP) is 0.764. The summed E-state index contributed by atoms with van der Waals surface area (Å²) in [6, 6.07) is 13.0. The summed E-state index contributed by atoms with van der Waals surface area (Å²) in [5.74, 6) is -3.53. The van der Waals surface area contributed by atoms with Gasteiger partial charge in [-0.1, -0.05) is 24.3 Å². The molecule has 1 aliphatic heterocycles. The van der Waals surface area contributed by atoms with Gasteiger partial charge in [0, 0.05) is 44.1 Å². The number of rotatable bonds is 3. The van der Waals surface area contributed by atoms with E-state index in [1.54, 1.807) is 12.4 Å². The van der Waals surface area contributed by atoms with Gasteiger partial charge >= 0.3 is 11.9 Å². The van der Waals surface area contributed by atoms with Gasteiger partial charge in [0.1, 0.15) is 0 Å². The number of carbonyl (C=O) groups excluding carboxylic acids is 2. The van der Waals surface area contributed by atoms with Crippen LogP contribution in [-0.4, -0.2) is 74.9 Å². The number of aromatic nitrogens is 1. The van der Waals surface area contributed by atoms with Gasteiger partial charge in [-0.2, -0.15) is 0 Å². The van der Waals surface area contributed by atoms with E-state index < -0.39 is 11.9 Å². The molecular weight excluding hydrogens is 378 g/mol. The van der Waals surface area contributed by atoms with Gasteiger partial charge in [-0.05, 0) is 23.8 Å². The number of piperazine rings is 1. The lowest BCUT2D eigenvalue weighted by Crippen LogP contribution is -2.51. The molecule has 0 spiro atoms. The molecule has 152 valence electrons. The van der Waals surface area contributed by atoms with E-state index in [0.29, 0.717) is 38.2 Å². The Morgan fingerprint density at radius 3 is 1.93 bits per heavy atom.